The zero-order valence-corrected chi connectivity index (χ0v) is 13.0. The minimum atomic E-state index is -0.326. The van der Waals surface area contributed by atoms with Crippen molar-refractivity contribution in [3.05, 3.63) is 46.6 Å². The molecule has 3 rings (SSSR count). The number of carbonyl (C=O) groups excluding carboxylic acids is 1. The van der Waals surface area contributed by atoms with Crippen LogP contribution in [0.5, 0.6) is 0 Å². The minimum absolute atomic E-state index is 0.00502. The van der Waals surface area contributed by atoms with Crippen LogP contribution in [0.2, 0.25) is 0 Å². The molecule has 1 amide bonds. The predicted octanol–water partition coefficient (Wildman–Crippen LogP) is 3.51. The summed E-state index contributed by atoms with van der Waals surface area (Å²) in [5.41, 5.74) is 3.13. The molecule has 0 radical (unpaired) electrons. The highest BCUT2D eigenvalue weighted by Gasteiger charge is 2.29. The van der Waals surface area contributed by atoms with E-state index in [0.29, 0.717) is 25.1 Å². The van der Waals surface area contributed by atoms with Crippen molar-refractivity contribution in [2.45, 2.75) is 39.5 Å². The molecule has 2 aromatic rings. The van der Waals surface area contributed by atoms with Crippen LogP contribution in [0, 0.1) is 19.7 Å². The van der Waals surface area contributed by atoms with E-state index in [9.17, 15) is 9.18 Å². The van der Waals surface area contributed by atoms with Crippen LogP contribution in [-0.2, 0) is 11.2 Å². The second-order valence-corrected chi connectivity index (χ2v) is 5.89. The summed E-state index contributed by atoms with van der Waals surface area (Å²) in [4.78, 5) is 14.2. The van der Waals surface area contributed by atoms with Crippen LogP contribution in [-0.4, -0.2) is 17.6 Å². The maximum atomic E-state index is 14.0. The topological polar surface area (TPSA) is 46.3 Å². The summed E-state index contributed by atoms with van der Waals surface area (Å²) in [6.45, 7) is 6.24. The Hall–Kier alpha value is -2.17. The molecule has 1 aliphatic heterocycles. The Morgan fingerprint density at radius 1 is 1.45 bits per heavy atom. The fraction of sp³-hybridized carbons (Fsp3) is 0.412. The number of nitrogens with zero attached hydrogens (tertiary/aromatic N) is 2. The molecule has 4 nitrogen and oxygen atoms in total. The molecule has 0 spiro atoms. The molecule has 0 saturated carbocycles. The van der Waals surface area contributed by atoms with Gasteiger partial charge in [-0.05, 0) is 37.8 Å². The Morgan fingerprint density at radius 3 is 2.91 bits per heavy atom. The number of hydrogen-bond acceptors (Lipinski definition) is 3. The van der Waals surface area contributed by atoms with E-state index in [2.05, 4.69) is 5.16 Å². The Labute approximate surface area is 128 Å². The highest BCUT2D eigenvalue weighted by atomic mass is 19.1. The summed E-state index contributed by atoms with van der Waals surface area (Å²) >= 11 is 0. The Morgan fingerprint density at radius 2 is 2.23 bits per heavy atom. The Kier molecular flexibility index (Phi) is 3.72. The van der Waals surface area contributed by atoms with Crippen molar-refractivity contribution in [1.82, 2.24) is 5.16 Å². The third-order valence-electron chi connectivity index (χ3n) is 4.31. The van der Waals surface area contributed by atoms with Crippen LogP contribution in [0.15, 0.2) is 22.7 Å². The molecule has 116 valence electrons. The molecule has 1 atom stereocenters. The van der Waals surface area contributed by atoms with Crippen molar-refractivity contribution in [2.75, 3.05) is 11.4 Å². The van der Waals surface area contributed by atoms with E-state index < -0.39 is 0 Å². The van der Waals surface area contributed by atoms with E-state index in [1.54, 1.807) is 11.0 Å². The number of aryl methyl sites for hydroxylation is 2. The first-order valence-corrected chi connectivity index (χ1v) is 7.49. The van der Waals surface area contributed by atoms with Gasteiger partial charge in [0.05, 0.1) is 11.4 Å². The Bertz CT molecular complexity index is 704. The number of rotatable bonds is 3. The molecule has 0 bridgehead atoms. The fourth-order valence-electron chi connectivity index (χ4n) is 3.33. The summed E-state index contributed by atoms with van der Waals surface area (Å²) in [7, 11) is 0. The van der Waals surface area contributed by atoms with Gasteiger partial charge in [-0.2, -0.15) is 0 Å². The number of fused-ring (bicyclic) bond motifs is 1. The number of benzene rings is 1. The molecule has 0 aliphatic carbocycles. The molecule has 1 aromatic heterocycles. The average molecular weight is 302 g/mol. The second-order valence-electron chi connectivity index (χ2n) is 5.89. The highest BCUT2D eigenvalue weighted by molar-refractivity contribution is 5.96. The van der Waals surface area contributed by atoms with Crippen LogP contribution < -0.4 is 4.90 Å². The lowest BCUT2D eigenvalue weighted by atomic mass is 9.95. The largest absolute Gasteiger partial charge is 0.361 e. The molecule has 22 heavy (non-hydrogen) atoms. The summed E-state index contributed by atoms with van der Waals surface area (Å²) in [6.07, 6.45) is 1.02. The molecule has 1 aromatic carbocycles. The van der Waals surface area contributed by atoms with Crippen molar-refractivity contribution < 1.29 is 13.7 Å². The fourth-order valence-corrected chi connectivity index (χ4v) is 3.33. The van der Waals surface area contributed by atoms with Crippen LogP contribution in [0.1, 0.15) is 41.8 Å². The second kappa shape index (κ2) is 5.55. The van der Waals surface area contributed by atoms with Gasteiger partial charge in [-0.25, -0.2) is 4.39 Å². The monoisotopic (exact) mass is 302 g/mol. The van der Waals surface area contributed by atoms with E-state index in [0.717, 1.165) is 22.6 Å². The van der Waals surface area contributed by atoms with Crippen molar-refractivity contribution in [3.8, 4) is 0 Å². The SMILES string of the molecule is Cc1noc(C)c1C(C)CC(=O)N1CCc2cccc(F)c21. The number of halogens is 1. The first-order chi connectivity index (χ1) is 10.5. The van der Waals surface area contributed by atoms with Gasteiger partial charge >= 0.3 is 0 Å². The van der Waals surface area contributed by atoms with E-state index in [-0.39, 0.29) is 17.6 Å². The van der Waals surface area contributed by atoms with Crippen LogP contribution in [0.3, 0.4) is 0 Å². The van der Waals surface area contributed by atoms with Crippen LogP contribution >= 0.6 is 0 Å². The van der Waals surface area contributed by atoms with Crippen LogP contribution in [0.25, 0.3) is 0 Å². The summed E-state index contributed by atoms with van der Waals surface area (Å²) < 4.78 is 19.2. The number of para-hydroxylation sites is 1. The van der Waals surface area contributed by atoms with E-state index in [4.69, 9.17) is 4.52 Å². The van der Waals surface area contributed by atoms with Gasteiger partial charge in [0.25, 0.3) is 0 Å². The van der Waals surface area contributed by atoms with Gasteiger partial charge in [0.1, 0.15) is 11.6 Å². The molecule has 1 aliphatic rings. The highest BCUT2D eigenvalue weighted by Crippen LogP contribution is 2.33. The molecular formula is C17H19FN2O2. The normalized spacial score (nSPS) is 15.0. The van der Waals surface area contributed by atoms with E-state index in [1.807, 2.05) is 26.8 Å². The number of hydrogen-bond donors (Lipinski definition) is 0. The predicted molar refractivity (Wildman–Crippen MR) is 81.5 cm³/mol. The maximum absolute atomic E-state index is 14.0. The van der Waals surface area contributed by atoms with Gasteiger partial charge < -0.3 is 9.42 Å². The summed E-state index contributed by atoms with van der Waals surface area (Å²) in [6, 6.07) is 4.97. The molecule has 2 heterocycles. The summed E-state index contributed by atoms with van der Waals surface area (Å²) in [5, 5.41) is 3.93. The van der Waals surface area contributed by atoms with E-state index in [1.165, 1.54) is 6.07 Å². The minimum Gasteiger partial charge on any atom is -0.361 e. The smallest absolute Gasteiger partial charge is 0.227 e. The summed E-state index contributed by atoms with van der Waals surface area (Å²) in [5.74, 6) is 0.352. The van der Waals surface area contributed by atoms with Crippen molar-refractivity contribution in [3.63, 3.8) is 0 Å². The first kappa shape index (κ1) is 14.8. The van der Waals surface area contributed by atoms with Gasteiger partial charge in [-0.3, -0.25) is 4.79 Å². The van der Waals surface area contributed by atoms with Crippen LogP contribution in [0.4, 0.5) is 10.1 Å². The zero-order chi connectivity index (χ0) is 15.9. The number of aromatic nitrogens is 1. The van der Waals surface area contributed by atoms with Gasteiger partial charge in [0.15, 0.2) is 0 Å². The van der Waals surface area contributed by atoms with Gasteiger partial charge in [-0.1, -0.05) is 24.2 Å². The molecular weight excluding hydrogens is 283 g/mol. The van der Waals surface area contributed by atoms with Gasteiger partial charge in [0, 0.05) is 18.5 Å². The Balaban J connectivity index is 1.80. The molecule has 1 unspecified atom stereocenters. The zero-order valence-electron chi connectivity index (χ0n) is 13.0. The van der Waals surface area contributed by atoms with Crippen molar-refractivity contribution >= 4 is 11.6 Å². The number of carbonyl (C=O) groups is 1. The molecule has 0 fully saturated rings. The van der Waals surface area contributed by atoms with Gasteiger partial charge in [0.2, 0.25) is 5.91 Å². The lowest BCUT2D eigenvalue weighted by Gasteiger charge is -2.20. The number of amides is 1. The van der Waals surface area contributed by atoms with E-state index >= 15 is 0 Å². The average Bonchev–Trinajstić information content (AvgIpc) is 3.03. The quantitative estimate of drug-likeness (QED) is 0.871. The lowest BCUT2D eigenvalue weighted by Crippen LogP contribution is -2.30. The number of anilines is 1. The van der Waals surface area contributed by atoms with Gasteiger partial charge in [-0.15, -0.1) is 0 Å². The maximum Gasteiger partial charge on any atom is 0.227 e. The third-order valence-corrected chi connectivity index (χ3v) is 4.31. The lowest BCUT2D eigenvalue weighted by molar-refractivity contribution is -0.118. The molecule has 0 saturated heterocycles. The standard InChI is InChI=1S/C17H19FN2O2/c1-10(16-11(2)19-22-12(16)3)9-15(21)20-8-7-13-5-4-6-14(18)17(13)20/h4-6,10H,7-9H2,1-3H3. The first-order valence-electron chi connectivity index (χ1n) is 7.49. The molecule has 5 heteroatoms. The van der Waals surface area contributed by atoms with Crippen molar-refractivity contribution in [2.24, 2.45) is 0 Å². The van der Waals surface area contributed by atoms with Crippen molar-refractivity contribution in [1.29, 1.82) is 0 Å². The molecule has 0 N–H and O–H groups in total. The third kappa shape index (κ3) is 2.40.